The summed E-state index contributed by atoms with van der Waals surface area (Å²) in [5.41, 5.74) is 1.27. The van der Waals surface area contributed by atoms with Gasteiger partial charge in [-0.1, -0.05) is 25.8 Å². The van der Waals surface area contributed by atoms with Crippen LogP contribution >= 0.6 is 0 Å². The zero-order valence-corrected chi connectivity index (χ0v) is 14.8. The number of unbranched alkanes of at least 4 members (excludes halogenated alkanes) is 1. The molecule has 26 heavy (non-hydrogen) atoms. The Kier molecular flexibility index (Phi) is 7.20. The van der Waals surface area contributed by atoms with Crippen molar-refractivity contribution in [1.29, 1.82) is 0 Å². The summed E-state index contributed by atoms with van der Waals surface area (Å²) < 4.78 is 15.8. The highest BCUT2D eigenvalue weighted by Crippen LogP contribution is 2.25. The van der Waals surface area contributed by atoms with Crippen molar-refractivity contribution >= 4 is 17.7 Å². The number of nitrogens with one attached hydrogen (secondary N) is 1. The highest BCUT2D eigenvalue weighted by Gasteiger charge is 2.44. The second-order valence-electron chi connectivity index (χ2n) is 6.44. The molecule has 2 rings (SSSR count). The van der Waals surface area contributed by atoms with Gasteiger partial charge in [0.2, 0.25) is 5.91 Å². The van der Waals surface area contributed by atoms with Gasteiger partial charge in [0, 0.05) is 18.7 Å². The van der Waals surface area contributed by atoms with Gasteiger partial charge in [0.1, 0.15) is 0 Å². The monoisotopic (exact) mass is 366 g/mol. The Bertz CT molecular complexity index is 641. The summed E-state index contributed by atoms with van der Waals surface area (Å²) in [5, 5.41) is 8.69. The summed E-state index contributed by atoms with van der Waals surface area (Å²) in [4.78, 5) is 38.5. The van der Waals surface area contributed by atoms with Crippen LogP contribution in [0.3, 0.4) is 0 Å². The van der Waals surface area contributed by atoms with Gasteiger partial charge in [0.05, 0.1) is 5.92 Å². The van der Waals surface area contributed by atoms with Gasteiger partial charge in [-0.05, 0) is 19.3 Å². The first-order valence-corrected chi connectivity index (χ1v) is 8.90. The molecule has 2 amide bonds. The van der Waals surface area contributed by atoms with Crippen LogP contribution in [0.1, 0.15) is 43.8 Å². The fourth-order valence-electron chi connectivity index (χ4n) is 3.28. The number of alkyl halides is 1. The van der Waals surface area contributed by atoms with Gasteiger partial charge in [0.15, 0.2) is 24.6 Å². The number of rotatable bonds is 7. The second kappa shape index (κ2) is 9.38. The van der Waals surface area contributed by atoms with Crippen molar-refractivity contribution in [3.05, 3.63) is 30.6 Å². The van der Waals surface area contributed by atoms with Crippen molar-refractivity contribution in [2.75, 3.05) is 6.54 Å². The van der Waals surface area contributed by atoms with Crippen LogP contribution in [0.4, 0.5) is 4.39 Å². The van der Waals surface area contributed by atoms with Crippen molar-refractivity contribution in [2.45, 2.75) is 51.2 Å². The van der Waals surface area contributed by atoms with Crippen LogP contribution in [0.25, 0.3) is 0 Å². The molecule has 0 aliphatic carbocycles. The maximum absolute atomic E-state index is 14.4. The normalized spacial score (nSPS) is 19.0. The molecule has 0 unspecified atom stereocenters. The Labute approximate surface area is 151 Å². The summed E-state index contributed by atoms with van der Waals surface area (Å²) >= 11 is 0. The Hall–Kier alpha value is -2.35. The molecule has 0 spiro atoms. The fourth-order valence-corrected chi connectivity index (χ4v) is 3.28. The van der Waals surface area contributed by atoms with Crippen molar-refractivity contribution in [1.82, 2.24) is 10.4 Å². The zero-order chi connectivity index (χ0) is 19.1. The molecular weight excluding hydrogens is 341 g/mol. The molecule has 1 aromatic rings. The van der Waals surface area contributed by atoms with E-state index in [0.29, 0.717) is 25.8 Å². The number of carbonyl (C=O) groups is 3. The number of hydrogen-bond acceptors (Lipinski definition) is 4. The Balaban J connectivity index is 2.20. The van der Waals surface area contributed by atoms with Gasteiger partial charge in [-0.2, -0.15) is 0 Å². The highest BCUT2D eigenvalue weighted by atomic mass is 19.1. The molecule has 3 atom stereocenters. The van der Waals surface area contributed by atoms with Crippen molar-refractivity contribution in [3.63, 3.8) is 0 Å². The van der Waals surface area contributed by atoms with E-state index < -0.39 is 29.9 Å². The molecule has 1 saturated heterocycles. The smallest absolute Gasteiger partial charge is 0.326 e. The van der Waals surface area contributed by atoms with E-state index in [2.05, 4.69) is 0 Å². The van der Waals surface area contributed by atoms with Gasteiger partial charge < -0.3 is 4.90 Å². The van der Waals surface area contributed by atoms with Crippen LogP contribution in [0.5, 0.6) is 0 Å². The number of likely N-dealkylation sites (tertiary alicyclic amines) is 1. The first-order chi connectivity index (χ1) is 12.5. The first-order valence-electron chi connectivity index (χ1n) is 8.90. The van der Waals surface area contributed by atoms with Crippen LogP contribution in [0.2, 0.25) is 0 Å². The molecule has 0 aromatic carbocycles. The summed E-state index contributed by atoms with van der Waals surface area (Å²) in [5.74, 6) is -3.26. The summed E-state index contributed by atoms with van der Waals surface area (Å²) in [6.07, 6.45) is 3.67. The van der Waals surface area contributed by atoms with Crippen LogP contribution in [0.15, 0.2) is 30.6 Å². The van der Waals surface area contributed by atoms with Gasteiger partial charge in [-0.25, -0.2) is 14.7 Å². The Morgan fingerprint density at radius 2 is 2.00 bits per heavy atom. The molecule has 7 nitrogen and oxygen atoms in total. The minimum absolute atomic E-state index is 0.180. The topological polar surface area (TPSA) is 90.6 Å². The average Bonchev–Trinajstić information content (AvgIpc) is 3.17. The maximum atomic E-state index is 14.4. The van der Waals surface area contributed by atoms with Crippen molar-refractivity contribution in [2.24, 2.45) is 5.92 Å². The molecule has 0 bridgehead atoms. The third-order valence-corrected chi connectivity index (χ3v) is 4.69. The first kappa shape index (κ1) is 20.0. The molecule has 8 heteroatoms. The van der Waals surface area contributed by atoms with Gasteiger partial charge >= 0.3 is 5.91 Å². The molecule has 0 saturated carbocycles. The van der Waals surface area contributed by atoms with E-state index in [1.165, 1.54) is 14.9 Å². The fraction of sp³-hybridized carbons (Fsp3) is 0.556. The lowest BCUT2D eigenvalue weighted by atomic mass is 9.94. The molecule has 1 aromatic heterocycles. The molecule has 1 fully saturated rings. The minimum atomic E-state index is -2.15. The van der Waals surface area contributed by atoms with Gasteiger partial charge in [-0.15, -0.1) is 4.57 Å². The molecule has 1 aliphatic heterocycles. The second-order valence-corrected chi connectivity index (χ2v) is 6.44. The predicted molar refractivity (Wildman–Crippen MR) is 89.8 cm³/mol. The van der Waals surface area contributed by atoms with Crippen LogP contribution < -0.4 is 10.0 Å². The highest BCUT2D eigenvalue weighted by molar-refractivity contribution is 5.91. The lowest BCUT2D eigenvalue weighted by Crippen LogP contribution is -2.56. The number of hydrogen-bond donors (Lipinski definition) is 2. The van der Waals surface area contributed by atoms with E-state index >= 15 is 0 Å². The van der Waals surface area contributed by atoms with Crippen molar-refractivity contribution < 1.29 is 28.5 Å². The van der Waals surface area contributed by atoms with E-state index in [0.717, 1.165) is 6.42 Å². The van der Waals surface area contributed by atoms with E-state index in [-0.39, 0.29) is 12.3 Å². The Morgan fingerprint density at radius 1 is 1.31 bits per heavy atom. The molecule has 1 aliphatic rings. The number of amides is 2. The standard InChI is InChI=1S/C18H24FN3O4/c1-2-3-8-13(15(19)16(23)20-26)17(24)22-12-7-9-14(22)18(25)21-10-5-4-6-11-21/h4-6,10-11,13-15H,2-3,7-9,12H2,1H3,(H-,20,23,26)/p+1/t13-,14+,15+/m1/s1. The molecule has 142 valence electrons. The van der Waals surface area contributed by atoms with Gasteiger partial charge in [-0.3, -0.25) is 14.8 Å². The largest absolute Gasteiger partial charge is 0.414 e. The number of halogens is 1. The average molecular weight is 366 g/mol. The van der Waals surface area contributed by atoms with Gasteiger partial charge in [0.25, 0.3) is 5.91 Å². The third kappa shape index (κ3) is 4.43. The number of aromatic nitrogens is 1. The predicted octanol–water partition coefficient (Wildman–Crippen LogP) is 1.26. The minimum Gasteiger partial charge on any atom is -0.326 e. The summed E-state index contributed by atoms with van der Waals surface area (Å²) in [6, 6.07) is 4.53. The molecule has 2 heterocycles. The van der Waals surface area contributed by atoms with E-state index in [9.17, 15) is 18.8 Å². The van der Waals surface area contributed by atoms with Crippen LogP contribution in [-0.4, -0.2) is 46.6 Å². The lowest BCUT2D eigenvalue weighted by Gasteiger charge is -2.27. The van der Waals surface area contributed by atoms with E-state index in [1.807, 2.05) is 6.92 Å². The lowest BCUT2D eigenvalue weighted by molar-refractivity contribution is -0.576. The number of nitrogens with zero attached hydrogens (tertiary/aromatic N) is 2. The number of carbonyl (C=O) groups excluding carboxylic acids is 3. The number of hydroxylamine groups is 1. The number of pyridine rings is 1. The third-order valence-electron chi connectivity index (χ3n) is 4.69. The molecular formula is C18H25FN3O4+. The van der Waals surface area contributed by atoms with E-state index in [1.54, 1.807) is 30.6 Å². The zero-order valence-electron chi connectivity index (χ0n) is 14.8. The quantitative estimate of drug-likeness (QED) is 0.432. The molecule has 0 radical (unpaired) electrons. The SMILES string of the molecule is CCCC[C@@H](C(=O)N1CCC[C@H]1C(=O)[n+]1ccccc1)[C@H](F)C(=O)NO. The van der Waals surface area contributed by atoms with Crippen LogP contribution in [-0.2, 0) is 9.59 Å². The molecule has 2 N–H and O–H groups in total. The summed E-state index contributed by atoms with van der Waals surface area (Å²) in [7, 11) is 0. The van der Waals surface area contributed by atoms with E-state index in [4.69, 9.17) is 5.21 Å². The summed E-state index contributed by atoms with van der Waals surface area (Å²) in [6.45, 7) is 2.24. The van der Waals surface area contributed by atoms with Crippen molar-refractivity contribution in [3.8, 4) is 0 Å². The van der Waals surface area contributed by atoms with Crippen LogP contribution in [0, 0.1) is 5.92 Å². The Morgan fingerprint density at radius 3 is 2.62 bits per heavy atom. The maximum Gasteiger partial charge on any atom is 0.414 e.